The molecule has 0 spiro atoms. The molecule has 0 saturated heterocycles. The average molecular weight is 430 g/mol. The minimum atomic E-state index is -1.40. The van der Waals surface area contributed by atoms with E-state index in [0.29, 0.717) is 0 Å². The van der Waals surface area contributed by atoms with Crippen LogP contribution in [-0.2, 0) is 47.7 Å². The van der Waals surface area contributed by atoms with Gasteiger partial charge in [-0.15, -0.1) is 0 Å². The summed E-state index contributed by atoms with van der Waals surface area (Å²) in [6.07, 6.45) is -2.77. The highest BCUT2D eigenvalue weighted by Crippen LogP contribution is 2.26. The molecule has 1 amide bonds. The predicted molar refractivity (Wildman–Crippen MR) is 98.3 cm³/mol. The van der Waals surface area contributed by atoms with Gasteiger partial charge in [-0.2, -0.15) is 0 Å². The van der Waals surface area contributed by atoms with Crippen LogP contribution in [0.3, 0.4) is 0 Å². The highest BCUT2D eigenvalue weighted by Gasteiger charge is 2.47. The van der Waals surface area contributed by atoms with Crippen LogP contribution in [0.1, 0.15) is 27.7 Å². The van der Waals surface area contributed by atoms with E-state index in [1.165, 1.54) is 13.0 Å². The lowest BCUT2D eigenvalue weighted by Crippen LogP contribution is -2.63. The topological polar surface area (TPSA) is 170 Å². The summed E-state index contributed by atoms with van der Waals surface area (Å²) in [7, 11) is 1.12. The first-order valence-electron chi connectivity index (χ1n) is 8.93. The molecule has 30 heavy (non-hydrogen) atoms. The first-order valence-corrected chi connectivity index (χ1v) is 8.93. The molecule has 0 aromatic rings. The van der Waals surface area contributed by atoms with Crippen LogP contribution in [0, 0.1) is 0 Å². The normalized spacial score (nSPS) is 22.3. The number of hydrogen-bond acceptors (Lipinski definition) is 11. The maximum atomic E-state index is 12.0. The van der Waals surface area contributed by atoms with Gasteiger partial charge >= 0.3 is 23.9 Å². The van der Waals surface area contributed by atoms with E-state index < -0.39 is 66.8 Å². The van der Waals surface area contributed by atoms with Crippen LogP contribution in [0.15, 0.2) is 11.8 Å². The summed E-state index contributed by atoms with van der Waals surface area (Å²) < 4.78 is 25.6. The number of carbonyl (C=O) groups is 5. The molecule has 1 aliphatic heterocycles. The van der Waals surface area contributed by atoms with Crippen LogP contribution in [0.4, 0.5) is 0 Å². The molecule has 0 bridgehead atoms. The summed E-state index contributed by atoms with van der Waals surface area (Å²) in [6, 6.07) is -1.94. The van der Waals surface area contributed by atoms with Crippen molar-refractivity contribution in [3.8, 4) is 0 Å². The van der Waals surface area contributed by atoms with Crippen LogP contribution < -0.4 is 11.1 Å². The van der Waals surface area contributed by atoms with Gasteiger partial charge in [-0.1, -0.05) is 0 Å². The molecular weight excluding hydrogens is 404 g/mol. The van der Waals surface area contributed by atoms with Crippen molar-refractivity contribution in [1.82, 2.24) is 5.32 Å². The number of nitrogens with one attached hydrogen (secondary N) is 1. The van der Waals surface area contributed by atoms with E-state index in [0.717, 1.165) is 27.9 Å². The summed E-state index contributed by atoms with van der Waals surface area (Å²) in [4.78, 5) is 58.3. The molecule has 1 heterocycles. The van der Waals surface area contributed by atoms with E-state index in [1.54, 1.807) is 0 Å². The number of amides is 1. The van der Waals surface area contributed by atoms with Gasteiger partial charge in [-0.3, -0.25) is 19.2 Å². The predicted octanol–water partition coefficient (Wildman–Crippen LogP) is -1.30. The highest BCUT2D eigenvalue weighted by atomic mass is 16.6. The number of carbonyl (C=O) groups excluding carboxylic acids is 5. The number of methoxy groups -OCH3 is 1. The molecule has 0 radical (unpaired) electrons. The lowest BCUT2D eigenvalue weighted by Gasteiger charge is -2.40. The molecule has 0 aromatic heterocycles. The molecule has 1 aliphatic rings. The van der Waals surface area contributed by atoms with E-state index in [4.69, 9.17) is 24.7 Å². The Labute approximate surface area is 173 Å². The van der Waals surface area contributed by atoms with Crippen molar-refractivity contribution in [2.24, 2.45) is 5.73 Å². The first-order chi connectivity index (χ1) is 14.0. The Kier molecular flexibility index (Phi) is 9.24. The van der Waals surface area contributed by atoms with Crippen molar-refractivity contribution in [3.63, 3.8) is 0 Å². The quantitative estimate of drug-likeness (QED) is 0.346. The maximum Gasteiger partial charge on any atom is 0.373 e. The molecule has 0 aliphatic carbocycles. The fourth-order valence-corrected chi connectivity index (χ4v) is 2.81. The third-order valence-electron chi connectivity index (χ3n) is 3.89. The third kappa shape index (κ3) is 7.35. The molecule has 0 saturated carbocycles. The molecule has 12 nitrogen and oxygen atoms in total. The van der Waals surface area contributed by atoms with E-state index in [2.05, 4.69) is 10.1 Å². The van der Waals surface area contributed by atoms with E-state index in [1.807, 2.05) is 0 Å². The monoisotopic (exact) mass is 430 g/mol. The second kappa shape index (κ2) is 11.1. The largest absolute Gasteiger partial charge is 0.477 e. The minimum absolute atomic E-state index is 0.289. The number of hydrogen-bond donors (Lipinski definition) is 2. The molecule has 168 valence electrons. The van der Waals surface area contributed by atoms with Gasteiger partial charge in [-0.25, -0.2) is 4.79 Å². The zero-order chi connectivity index (χ0) is 23.0. The van der Waals surface area contributed by atoms with Gasteiger partial charge in [-0.05, 0) is 6.08 Å². The molecule has 3 N–H and O–H groups in total. The van der Waals surface area contributed by atoms with Crippen molar-refractivity contribution >= 4 is 29.8 Å². The maximum absolute atomic E-state index is 12.0. The third-order valence-corrected chi connectivity index (χ3v) is 3.89. The van der Waals surface area contributed by atoms with Crippen LogP contribution in [-0.4, -0.2) is 73.9 Å². The summed E-state index contributed by atoms with van der Waals surface area (Å²) in [5.41, 5.74) is 6.08. The van der Waals surface area contributed by atoms with Crippen LogP contribution in [0.25, 0.3) is 0 Å². The van der Waals surface area contributed by atoms with Crippen molar-refractivity contribution in [2.75, 3.05) is 13.7 Å². The fraction of sp³-hybridized carbons (Fsp3) is 0.611. The van der Waals surface area contributed by atoms with Crippen molar-refractivity contribution in [3.05, 3.63) is 11.8 Å². The van der Waals surface area contributed by atoms with Crippen molar-refractivity contribution < 1.29 is 47.7 Å². The molecule has 1 rings (SSSR count). The first kappa shape index (κ1) is 24.9. The molecular formula is C18H26N2O10. The second-order valence-corrected chi connectivity index (χ2v) is 6.43. The second-order valence-electron chi connectivity index (χ2n) is 6.43. The van der Waals surface area contributed by atoms with Gasteiger partial charge in [0, 0.05) is 27.7 Å². The van der Waals surface area contributed by atoms with Crippen molar-refractivity contribution in [2.45, 2.75) is 58.1 Å². The summed E-state index contributed by atoms with van der Waals surface area (Å²) in [6.45, 7) is 4.08. The van der Waals surface area contributed by atoms with Crippen molar-refractivity contribution in [1.29, 1.82) is 0 Å². The SMILES string of the molecule is COC(=O)C1=C[C@H](N)[C@@H](NC(C)=O)[C@H]([C@@H](OC(C)=O)[C@@H](COC(C)=O)OC(C)=O)O1. The van der Waals surface area contributed by atoms with Gasteiger partial charge in [0.15, 0.2) is 18.3 Å². The standard InChI is InChI=1S/C18H26N2O10/c1-8(21)20-15-12(19)6-13(18(25)26-5)30-17(15)16(29-11(4)24)14(28-10(3)23)7-27-9(2)22/h6,12,14-17H,7,19H2,1-5H3,(H,20,21)/t12-,14+,15+,16-,17+/m0/s1. The van der Waals surface area contributed by atoms with E-state index in [9.17, 15) is 24.0 Å². The minimum Gasteiger partial charge on any atom is -0.477 e. The number of rotatable bonds is 8. The molecule has 0 fully saturated rings. The van der Waals surface area contributed by atoms with Gasteiger partial charge in [0.1, 0.15) is 6.61 Å². The Hall–Kier alpha value is -3.15. The number of nitrogens with two attached hydrogens (primary N) is 1. The number of esters is 4. The lowest BCUT2D eigenvalue weighted by atomic mass is 9.92. The van der Waals surface area contributed by atoms with E-state index >= 15 is 0 Å². The summed E-state index contributed by atoms with van der Waals surface area (Å²) in [5, 5.41) is 2.56. The average Bonchev–Trinajstić information content (AvgIpc) is 2.63. The van der Waals surface area contributed by atoms with Crippen LogP contribution in [0.2, 0.25) is 0 Å². The smallest absolute Gasteiger partial charge is 0.373 e. The van der Waals surface area contributed by atoms with Crippen LogP contribution >= 0.6 is 0 Å². The Balaban J connectivity index is 3.41. The Morgan fingerprint density at radius 1 is 1.07 bits per heavy atom. The highest BCUT2D eigenvalue weighted by molar-refractivity contribution is 5.86. The summed E-state index contributed by atoms with van der Waals surface area (Å²) >= 11 is 0. The molecule has 0 aromatic carbocycles. The van der Waals surface area contributed by atoms with Crippen LogP contribution in [0.5, 0.6) is 0 Å². The zero-order valence-corrected chi connectivity index (χ0v) is 17.3. The zero-order valence-electron chi connectivity index (χ0n) is 17.3. The Morgan fingerprint density at radius 3 is 2.13 bits per heavy atom. The van der Waals surface area contributed by atoms with E-state index in [-0.39, 0.29) is 5.76 Å². The van der Waals surface area contributed by atoms with Gasteiger partial charge < -0.3 is 34.7 Å². The van der Waals surface area contributed by atoms with Gasteiger partial charge in [0.25, 0.3) is 0 Å². The molecule has 0 unspecified atom stereocenters. The Bertz CT molecular complexity index is 720. The van der Waals surface area contributed by atoms with Gasteiger partial charge in [0.2, 0.25) is 11.7 Å². The summed E-state index contributed by atoms with van der Waals surface area (Å²) in [5.74, 6) is -3.85. The molecule has 12 heteroatoms. The van der Waals surface area contributed by atoms with Gasteiger partial charge in [0.05, 0.1) is 19.2 Å². The molecule has 5 atom stereocenters. The fourth-order valence-electron chi connectivity index (χ4n) is 2.81. The lowest BCUT2D eigenvalue weighted by molar-refractivity contribution is -0.187. The Morgan fingerprint density at radius 2 is 1.67 bits per heavy atom. The number of ether oxygens (including phenoxy) is 5.